The molecule has 0 saturated heterocycles. The number of benzene rings is 1. The van der Waals surface area contributed by atoms with Crippen LogP contribution in [0, 0.1) is 0 Å². The van der Waals surface area contributed by atoms with E-state index >= 15 is 0 Å². The molecular weight excluding hydrogens is 232 g/mol. The molecule has 0 fully saturated rings. The Kier molecular flexibility index (Phi) is 4.11. The van der Waals surface area contributed by atoms with Crippen molar-refractivity contribution in [2.75, 3.05) is 0 Å². The molecule has 1 rings (SSSR count). The highest BCUT2D eigenvalue weighted by atomic mass is 16.4. The number of carbonyl (C=O) groups is 2. The molecule has 0 unspecified atom stereocenters. The highest BCUT2D eigenvalue weighted by Crippen LogP contribution is 2.32. The van der Waals surface area contributed by atoms with Gasteiger partial charge in [-0.05, 0) is 35.1 Å². The van der Waals surface area contributed by atoms with Gasteiger partial charge in [0.05, 0.1) is 11.1 Å². The van der Waals surface area contributed by atoms with Gasteiger partial charge in [0, 0.05) is 0 Å². The zero-order valence-corrected chi connectivity index (χ0v) is 11.0. The van der Waals surface area contributed by atoms with Gasteiger partial charge in [-0.15, -0.1) is 0 Å². The molecule has 4 heteroatoms. The molecule has 0 saturated carbocycles. The van der Waals surface area contributed by atoms with Crippen molar-refractivity contribution < 1.29 is 19.8 Å². The van der Waals surface area contributed by atoms with Gasteiger partial charge in [0.2, 0.25) is 0 Å². The number of carboxylic acid groups (broad SMARTS) is 2. The Labute approximate surface area is 106 Å². The van der Waals surface area contributed by atoms with Crippen molar-refractivity contribution in [3.8, 4) is 0 Å². The van der Waals surface area contributed by atoms with E-state index in [4.69, 9.17) is 0 Å². The average molecular weight is 250 g/mol. The van der Waals surface area contributed by atoms with E-state index < -0.39 is 11.9 Å². The molecule has 98 valence electrons. The van der Waals surface area contributed by atoms with E-state index in [-0.39, 0.29) is 23.0 Å². The second-order valence-electron chi connectivity index (χ2n) is 4.91. The van der Waals surface area contributed by atoms with Crippen molar-refractivity contribution in [2.45, 2.75) is 39.5 Å². The van der Waals surface area contributed by atoms with Crippen LogP contribution in [0.2, 0.25) is 0 Å². The molecule has 0 aromatic heterocycles. The maximum absolute atomic E-state index is 11.2. The molecule has 1 aromatic carbocycles. The molecule has 0 atom stereocenters. The third-order valence-electron chi connectivity index (χ3n) is 2.90. The topological polar surface area (TPSA) is 74.6 Å². The molecule has 0 aliphatic rings. The summed E-state index contributed by atoms with van der Waals surface area (Å²) in [6, 6.07) is 2.76. The molecular formula is C14H18O4. The van der Waals surface area contributed by atoms with Gasteiger partial charge in [-0.25, -0.2) is 9.59 Å². The minimum absolute atomic E-state index is 0.0344. The lowest BCUT2D eigenvalue weighted by atomic mass is 9.83. The number of hydrogen-bond donors (Lipinski definition) is 2. The Morgan fingerprint density at radius 1 is 0.833 bits per heavy atom. The number of aromatic carboxylic acids is 2. The highest BCUT2D eigenvalue weighted by Gasteiger charge is 2.24. The van der Waals surface area contributed by atoms with Gasteiger partial charge in [0.1, 0.15) is 0 Å². The van der Waals surface area contributed by atoms with E-state index in [9.17, 15) is 19.8 Å². The molecule has 1 aromatic rings. The van der Waals surface area contributed by atoms with E-state index in [0.29, 0.717) is 11.1 Å². The maximum Gasteiger partial charge on any atom is 0.335 e. The summed E-state index contributed by atoms with van der Waals surface area (Å²) >= 11 is 0. The summed E-state index contributed by atoms with van der Waals surface area (Å²) < 4.78 is 0. The number of rotatable bonds is 4. The van der Waals surface area contributed by atoms with E-state index in [0.717, 1.165) is 0 Å². The second kappa shape index (κ2) is 5.21. The first-order valence-corrected chi connectivity index (χ1v) is 5.90. The minimum Gasteiger partial charge on any atom is -0.478 e. The lowest BCUT2D eigenvalue weighted by molar-refractivity contribution is 0.0678. The van der Waals surface area contributed by atoms with Gasteiger partial charge >= 0.3 is 11.9 Å². The van der Waals surface area contributed by atoms with Crippen LogP contribution in [0.1, 0.15) is 71.4 Å². The first-order valence-electron chi connectivity index (χ1n) is 5.90. The fourth-order valence-corrected chi connectivity index (χ4v) is 2.25. The van der Waals surface area contributed by atoms with Gasteiger partial charge in [-0.3, -0.25) is 0 Å². The first kappa shape index (κ1) is 14.2. The summed E-state index contributed by atoms with van der Waals surface area (Å²) in [6.45, 7) is 7.50. The van der Waals surface area contributed by atoms with Gasteiger partial charge in [0.15, 0.2) is 0 Å². The Balaban J connectivity index is 3.71. The number of carboxylic acids is 2. The monoisotopic (exact) mass is 250 g/mol. The van der Waals surface area contributed by atoms with Crippen molar-refractivity contribution in [1.82, 2.24) is 0 Å². The second-order valence-corrected chi connectivity index (χ2v) is 4.91. The standard InChI is InChI=1S/C14H18O4/c1-7(2)11-9(13(15)16)5-6-10(14(17)18)12(11)8(3)4/h5-8H,1-4H3,(H,15,16)(H,17,18). The molecule has 18 heavy (non-hydrogen) atoms. The zero-order chi connectivity index (χ0) is 14.0. The lowest BCUT2D eigenvalue weighted by Gasteiger charge is -2.20. The Hall–Kier alpha value is -1.84. The van der Waals surface area contributed by atoms with Gasteiger partial charge in [0.25, 0.3) is 0 Å². The molecule has 0 amide bonds. The SMILES string of the molecule is CC(C)c1c(C(=O)O)ccc(C(=O)O)c1C(C)C. The molecule has 0 aliphatic carbocycles. The summed E-state index contributed by atoms with van der Waals surface area (Å²) in [7, 11) is 0. The van der Waals surface area contributed by atoms with Crippen LogP contribution in [0.5, 0.6) is 0 Å². The summed E-state index contributed by atoms with van der Waals surface area (Å²) in [5.74, 6) is -2.10. The normalized spacial score (nSPS) is 11.0. The van der Waals surface area contributed by atoms with Gasteiger partial charge < -0.3 is 10.2 Å². The predicted octanol–water partition coefficient (Wildman–Crippen LogP) is 3.33. The van der Waals surface area contributed by atoms with Crippen molar-refractivity contribution in [3.63, 3.8) is 0 Å². The van der Waals surface area contributed by atoms with Crippen LogP contribution in [0.15, 0.2) is 12.1 Å². The minimum atomic E-state index is -1.02. The molecule has 0 radical (unpaired) electrons. The summed E-state index contributed by atoms with van der Waals surface area (Å²) in [5.41, 5.74) is 1.63. The predicted molar refractivity (Wildman–Crippen MR) is 68.5 cm³/mol. The van der Waals surface area contributed by atoms with Crippen molar-refractivity contribution in [2.24, 2.45) is 0 Å². The summed E-state index contributed by atoms with van der Waals surface area (Å²) in [5, 5.41) is 18.4. The average Bonchev–Trinajstić information content (AvgIpc) is 2.26. The quantitative estimate of drug-likeness (QED) is 0.859. The first-order chi connectivity index (χ1) is 8.27. The van der Waals surface area contributed by atoms with E-state index in [1.807, 2.05) is 27.7 Å². The van der Waals surface area contributed by atoms with Crippen LogP contribution < -0.4 is 0 Å². The smallest absolute Gasteiger partial charge is 0.335 e. The lowest BCUT2D eigenvalue weighted by Crippen LogP contribution is -2.14. The Morgan fingerprint density at radius 2 is 1.11 bits per heavy atom. The van der Waals surface area contributed by atoms with Crippen LogP contribution in [0.25, 0.3) is 0 Å². The summed E-state index contributed by atoms with van der Waals surface area (Å²) in [4.78, 5) is 22.5. The van der Waals surface area contributed by atoms with Gasteiger partial charge in [-0.2, -0.15) is 0 Å². The third-order valence-corrected chi connectivity index (χ3v) is 2.90. The van der Waals surface area contributed by atoms with Crippen LogP contribution in [0.3, 0.4) is 0 Å². The van der Waals surface area contributed by atoms with E-state index in [1.165, 1.54) is 12.1 Å². The Morgan fingerprint density at radius 3 is 1.28 bits per heavy atom. The maximum atomic E-state index is 11.2. The molecule has 2 N–H and O–H groups in total. The highest BCUT2D eigenvalue weighted by molar-refractivity contribution is 5.95. The van der Waals surface area contributed by atoms with E-state index in [1.54, 1.807) is 0 Å². The van der Waals surface area contributed by atoms with Crippen LogP contribution >= 0.6 is 0 Å². The van der Waals surface area contributed by atoms with Crippen molar-refractivity contribution in [1.29, 1.82) is 0 Å². The van der Waals surface area contributed by atoms with Gasteiger partial charge in [-0.1, -0.05) is 27.7 Å². The molecule has 4 nitrogen and oxygen atoms in total. The molecule has 0 bridgehead atoms. The van der Waals surface area contributed by atoms with Crippen molar-refractivity contribution in [3.05, 3.63) is 34.4 Å². The van der Waals surface area contributed by atoms with Crippen LogP contribution in [0.4, 0.5) is 0 Å². The number of hydrogen-bond acceptors (Lipinski definition) is 2. The molecule has 0 aliphatic heterocycles. The Bertz CT molecular complexity index is 442. The fourth-order valence-electron chi connectivity index (χ4n) is 2.25. The molecule has 0 spiro atoms. The zero-order valence-electron chi connectivity index (χ0n) is 11.0. The van der Waals surface area contributed by atoms with E-state index in [2.05, 4.69) is 0 Å². The van der Waals surface area contributed by atoms with Crippen LogP contribution in [-0.4, -0.2) is 22.2 Å². The third kappa shape index (κ3) is 2.53. The summed E-state index contributed by atoms with van der Waals surface area (Å²) in [6.07, 6.45) is 0. The largest absolute Gasteiger partial charge is 0.478 e. The fraction of sp³-hybridized carbons (Fsp3) is 0.429. The van der Waals surface area contributed by atoms with Crippen molar-refractivity contribution >= 4 is 11.9 Å². The molecule has 0 heterocycles. The van der Waals surface area contributed by atoms with Crippen LogP contribution in [-0.2, 0) is 0 Å².